The predicted molar refractivity (Wildman–Crippen MR) is 247 cm³/mol. The summed E-state index contributed by atoms with van der Waals surface area (Å²) in [6.07, 6.45) is 41.5. The summed E-state index contributed by atoms with van der Waals surface area (Å²) in [6, 6.07) is 0. The molecule has 0 aromatic heterocycles. The Morgan fingerprint density at radius 1 is 0.508 bits per heavy atom. The van der Waals surface area contributed by atoms with E-state index in [4.69, 9.17) is 18.9 Å². The zero-order valence-corrected chi connectivity index (χ0v) is 38.9. The summed E-state index contributed by atoms with van der Waals surface area (Å²) in [5.41, 5.74) is 0. The van der Waals surface area contributed by atoms with Crippen molar-refractivity contribution < 1.29 is 49.0 Å². The Balaban J connectivity index is 2.26. The normalized spacial score (nSPS) is 20.0. The van der Waals surface area contributed by atoms with Crippen molar-refractivity contribution >= 4 is 11.9 Å². The number of hydrogen-bond acceptors (Lipinski definition) is 10. The van der Waals surface area contributed by atoms with E-state index in [1.807, 2.05) is 0 Å². The van der Waals surface area contributed by atoms with Crippen LogP contribution in [0.25, 0.3) is 0 Å². The minimum absolute atomic E-state index is 0.215. The lowest BCUT2D eigenvalue weighted by molar-refractivity contribution is -0.305. The van der Waals surface area contributed by atoms with E-state index in [9.17, 15) is 30.0 Å². The summed E-state index contributed by atoms with van der Waals surface area (Å²) < 4.78 is 22.2. The minimum Gasteiger partial charge on any atom is -0.462 e. The van der Waals surface area contributed by atoms with E-state index in [-0.39, 0.29) is 32.0 Å². The lowest BCUT2D eigenvalue weighted by atomic mass is 9.99. The fourth-order valence-corrected chi connectivity index (χ4v) is 7.51. The number of unbranched alkanes of at least 4 members (excludes halogenated alkanes) is 25. The molecule has 61 heavy (non-hydrogen) atoms. The predicted octanol–water partition coefficient (Wildman–Crippen LogP) is 11.4. The number of carbonyl (C=O) groups excluding carboxylic acids is 2. The van der Waals surface area contributed by atoms with E-state index in [1.165, 1.54) is 122 Å². The first-order chi connectivity index (χ1) is 29.8. The van der Waals surface area contributed by atoms with Gasteiger partial charge in [0.25, 0.3) is 0 Å². The summed E-state index contributed by atoms with van der Waals surface area (Å²) in [6.45, 7) is 3.40. The van der Waals surface area contributed by atoms with E-state index >= 15 is 0 Å². The summed E-state index contributed by atoms with van der Waals surface area (Å²) >= 11 is 0. The molecule has 1 saturated heterocycles. The van der Waals surface area contributed by atoms with Crippen LogP contribution in [0.2, 0.25) is 0 Å². The van der Waals surface area contributed by atoms with E-state index < -0.39 is 49.4 Å². The van der Waals surface area contributed by atoms with Crippen LogP contribution in [-0.2, 0) is 28.5 Å². The zero-order chi connectivity index (χ0) is 44.4. The van der Waals surface area contributed by atoms with E-state index in [1.54, 1.807) is 0 Å². The average molecular weight is 865 g/mol. The fraction of sp³-hybridized carbons (Fsp3) is 0.843. The molecule has 0 aromatic carbocycles. The molecule has 0 amide bonds. The highest BCUT2D eigenvalue weighted by molar-refractivity contribution is 5.70. The Bertz CT molecular complexity index is 1090. The Hall–Kier alpha value is -2.08. The van der Waals surface area contributed by atoms with Gasteiger partial charge in [0.1, 0.15) is 31.0 Å². The number of aliphatic hydroxyl groups is 4. The van der Waals surface area contributed by atoms with Crippen LogP contribution < -0.4 is 0 Å². The fourth-order valence-electron chi connectivity index (χ4n) is 7.51. The monoisotopic (exact) mass is 865 g/mol. The average Bonchev–Trinajstić information content (AvgIpc) is 3.26. The first-order valence-corrected chi connectivity index (χ1v) is 25.1. The van der Waals surface area contributed by atoms with Crippen molar-refractivity contribution in [2.24, 2.45) is 0 Å². The number of carbonyl (C=O) groups is 2. The Kier molecular flexibility index (Phi) is 39.1. The molecule has 10 heteroatoms. The molecule has 356 valence electrons. The van der Waals surface area contributed by atoms with Crippen LogP contribution in [0.3, 0.4) is 0 Å². The largest absolute Gasteiger partial charge is 0.462 e. The van der Waals surface area contributed by atoms with Crippen LogP contribution >= 0.6 is 0 Å². The van der Waals surface area contributed by atoms with Crippen molar-refractivity contribution in [3.05, 3.63) is 36.5 Å². The minimum atomic E-state index is -1.60. The second-order valence-electron chi connectivity index (χ2n) is 17.3. The van der Waals surface area contributed by atoms with Gasteiger partial charge in [-0.05, 0) is 70.6 Å². The summed E-state index contributed by atoms with van der Waals surface area (Å²) in [5.74, 6) is -0.818. The third-order valence-corrected chi connectivity index (χ3v) is 11.5. The Morgan fingerprint density at radius 2 is 0.918 bits per heavy atom. The third kappa shape index (κ3) is 33.1. The number of hydrogen-bond donors (Lipinski definition) is 4. The summed E-state index contributed by atoms with van der Waals surface area (Å²) in [5, 5.41) is 40.2. The molecular formula is C51H92O10. The highest BCUT2D eigenvalue weighted by Crippen LogP contribution is 2.23. The number of allylic oxidation sites excluding steroid dienone is 6. The van der Waals surface area contributed by atoms with Gasteiger partial charge in [0.05, 0.1) is 13.2 Å². The highest BCUT2D eigenvalue weighted by Gasteiger charge is 2.44. The Labute approximate surface area is 372 Å². The van der Waals surface area contributed by atoms with Gasteiger partial charge in [-0.1, -0.05) is 172 Å². The smallest absolute Gasteiger partial charge is 0.306 e. The van der Waals surface area contributed by atoms with Gasteiger partial charge in [-0.15, -0.1) is 0 Å². The quantitative estimate of drug-likeness (QED) is 0.0265. The number of aliphatic hydroxyl groups excluding tert-OH is 4. The second kappa shape index (κ2) is 41.9. The molecule has 6 atom stereocenters. The number of rotatable bonds is 42. The maximum atomic E-state index is 12.8. The van der Waals surface area contributed by atoms with Gasteiger partial charge < -0.3 is 39.4 Å². The molecule has 0 aromatic rings. The van der Waals surface area contributed by atoms with Crippen LogP contribution in [0.4, 0.5) is 0 Å². The molecule has 0 spiro atoms. The molecule has 1 aliphatic heterocycles. The van der Waals surface area contributed by atoms with Crippen molar-refractivity contribution in [3.63, 3.8) is 0 Å². The summed E-state index contributed by atoms with van der Waals surface area (Å²) in [7, 11) is 0. The molecular weight excluding hydrogens is 773 g/mol. The standard InChI is InChI=1S/C51H92O10/c1-3-5-7-9-11-13-15-17-19-20-21-22-23-24-26-27-29-31-33-35-37-39-46(53)58-42-44(43-59-51-50(57)49(56)48(55)45(41-52)61-51)60-47(54)40-38-36-34-32-30-28-25-18-16-14-12-10-8-6-4-2/h12,14,17-19,25,44-45,48-52,55-57H,3-11,13,15-16,20-24,26-43H2,1-2H3/b14-12+,19-17+,25-18+/t44-,45-,48+,49?,50?,51-/m0/s1. The Morgan fingerprint density at radius 3 is 1.41 bits per heavy atom. The molecule has 0 aliphatic carbocycles. The number of esters is 2. The van der Waals surface area contributed by atoms with E-state index in [0.29, 0.717) is 6.42 Å². The maximum Gasteiger partial charge on any atom is 0.306 e. The molecule has 1 heterocycles. The summed E-state index contributed by atoms with van der Waals surface area (Å²) in [4.78, 5) is 25.4. The van der Waals surface area contributed by atoms with Gasteiger partial charge >= 0.3 is 11.9 Å². The molecule has 1 rings (SSSR count). The van der Waals surface area contributed by atoms with Crippen LogP contribution in [-0.4, -0.2) is 89.0 Å². The van der Waals surface area contributed by atoms with Gasteiger partial charge in [-0.25, -0.2) is 0 Å². The van der Waals surface area contributed by atoms with Crippen molar-refractivity contribution in [1.82, 2.24) is 0 Å². The third-order valence-electron chi connectivity index (χ3n) is 11.5. The van der Waals surface area contributed by atoms with Crippen LogP contribution in [0.1, 0.15) is 219 Å². The maximum absolute atomic E-state index is 12.8. The molecule has 1 aliphatic rings. The first kappa shape index (κ1) is 56.9. The van der Waals surface area contributed by atoms with Crippen molar-refractivity contribution in [2.75, 3.05) is 19.8 Å². The van der Waals surface area contributed by atoms with Crippen molar-refractivity contribution in [2.45, 2.75) is 256 Å². The molecule has 2 unspecified atom stereocenters. The zero-order valence-electron chi connectivity index (χ0n) is 38.9. The highest BCUT2D eigenvalue weighted by atomic mass is 16.7. The van der Waals surface area contributed by atoms with E-state index in [0.717, 1.165) is 64.2 Å². The lowest BCUT2D eigenvalue weighted by Crippen LogP contribution is -2.59. The van der Waals surface area contributed by atoms with Gasteiger partial charge in [-0.3, -0.25) is 9.59 Å². The van der Waals surface area contributed by atoms with Crippen LogP contribution in [0, 0.1) is 0 Å². The molecule has 4 N–H and O–H groups in total. The van der Waals surface area contributed by atoms with Gasteiger partial charge in [0, 0.05) is 12.8 Å². The molecule has 0 radical (unpaired) electrons. The van der Waals surface area contributed by atoms with E-state index in [2.05, 4.69) is 50.3 Å². The lowest BCUT2D eigenvalue weighted by Gasteiger charge is -2.39. The molecule has 0 saturated carbocycles. The van der Waals surface area contributed by atoms with Crippen molar-refractivity contribution in [3.8, 4) is 0 Å². The first-order valence-electron chi connectivity index (χ1n) is 25.1. The van der Waals surface area contributed by atoms with Gasteiger partial charge in [0.2, 0.25) is 0 Å². The second-order valence-corrected chi connectivity index (χ2v) is 17.3. The molecule has 0 bridgehead atoms. The van der Waals surface area contributed by atoms with Crippen molar-refractivity contribution in [1.29, 1.82) is 0 Å². The SMILES string of the molecule is CCCCC/C=C/C/C=C/CCCCCCCC(=O)O[C@@H](COC(=O)CCCCCCCCCCCCC/C=C/CCCCCCCC)CO[C@H]1O[C@@H](CO)[C@@H](O)C(O)C1O. The van der Waals surface area contributed by atoms with Crippen LogP contribution in [0.15, 0.2) is 36.5 Å². The molecule has 1 fully saturated rings. The topological polar surface area (TPSA) is 152 Å². The van der Waals surface area contributed by atoms with Crippen LogP contribution in [0.5, 0.6) is 0 Å². The molecule has 10 nitrogen and oxygen atoms in total. The van der Waals surface area contributed by atoms with Gasteiger partial charge in [-0.2, -0.15) is 0 Å². The van der Waals surface area contributed by atoms with Gasteiger partial charge in [0.15, 0.2) is 12.4 Å². The number of ether oxygens (including phenoxy) is 4.